The average molecular weight is 163 g/mol. The van der Waals surface area contributed by atoms with Gasteiger partial charge in [0.15, 0.2) is 0 Å². The summed E-state index contributed by atoms with van der Waals surface area (Å²) < 4.78 is 0. The summed E-state index contributed by atoms with van der Waals surface area (Å²) in [6.07, 6.45) is 0. The van der Waals surface area contributed by atoms with Crippen molar-refractivity contribution in [2.24, 2.45) is 0 Å². The van der Waals surface area contributed by atoms with E-state index in [0.29, 0.717) is 5.69 Å². The van der Waals surface area contributed by atoms with Crippen molar-refractivity contribution >= 4 is 11.3 Å². The van der Waals surface area contributed by atoms with Crippen LogP contribution in [0.3, 0.4) is 0 Å². The van der Waals surface area contributed by atoms with E-state index in [9.17, 15) is 0 Å². The Labute approximate surface area is 72.3 Å². The van der Waals surface area contributed by atoms with Crippen LogP contribution in [0.5, 0.6) is 0 Å². The molecule has 0 aliphatic heterocycles. The van der Waals surface area contributed by atoms with E-state index in [1.165, 1.54) is 0 Å². The molecule has 0 aliphatic carbocycles. The van der Waals surface area contributed by atoms with Crippen LogP contribution in [0.2, 0.25) is 0 Å². The molecule has 0 radical (unpaired) electrons. The maximum Gasteiger partial charge on any atom is 0.0930 e. The third kappa shape index (κ3) is 1.30. The molecule has 0 atom stereocenters. The van der Waals surface area contributed by atoms with Gasteiger partial charge in [0.2, 0.25) is 0 Å². The number of nitrogens with two attached hydrogens (primary N) is 1. The Kier molecular flexibility index (Phi) is 2.13. The van der Waals surface area contributed by atoms with Crippen LogP contribution in [-0.2, 0) is 0 Å². The van der Waals surface area contributed by atoms with Crippen molar-refractivity contribution in [1.29, 1.82) is 0 Å². The van der Waals surface area contributed by atoms with Crippen LogP contribution in [0.15, 0.2) is 6.58 Å². The number of aryl methyl sites for hydroxylation is 1. The minimum absolute atomic E-state index is 0.711. The van der Waals surface area contributed by atoms with Gasteiger partial charge in [0.25, 0.3) is 0 Å². The fourth-order valence-electron chi connectivity index (χ4n) is 1.06. The second-order valence-electron chi connectivity index (χ2n) is 2.95. The van der Waals surface area contributed by atoms with Crippen LogP contribution in [0.1, 0.15) is 23.9 Å². The fraction of sp³-hybridized carbons (Fsp3) is 0.333. The number of rotatable bonds is 1. The number of nitrogen functional groups attached to an aromatic ring is 1. The van der Waals surface area contributed by atoms with Gasteiger partial charge >= 0.3 is 0 Å². The molecule has 0 aliphatic rings. The highest BCUT2D eigenvalue weighted by molar-refractivity contribution is 5.66. The molecule has 2 N–H and O–H groups in total. The molecule has 0 aromatic carbocycles. The molecule has 1 heterocycles. The third-order valence-electron chi connectivity index (χ3n) is 1.85. The lowest BCUT2D eigenvalue weighted by molar-refractivity contribution is 0.954. The first-order valence-corrected chi connectivity index (χ1v) is 3.79. The van der Waals surface area contributed by atoms with Gasteiger partial charge in [-0.1, -0.05) is 6.58 Å². The minimum Gasteiger partial charge on any atom is -0.397 e. The number of nitrogens with zero attached hydrogens (tertiary/aromatic N) is 2. The van der Waals surface area contributed by atoms with Crippen LogP contribution in [0.25, 0.3) is 5.57 Å². The zero-order valence-electron chi connectivity index (χ0n) is 7.68. The topological polar surface area (TPSA) is 51.8 Å². The van der Waals surface area contributed by atoms with E-state index >= 15 is 0 Å². The summed E-state index contributed by atoms with van der Waals surface area (Å²) in [7, 11) is 0. The van der Waals surface area contributed by atoms with Crippen LogP contribution >= 0.6 is 0 Å². The largest absolute Gasteiger partial charge is 0.397 e. The summed E-state index contributed by atoms with van der Waals surface area (Å²) in [5, 5.41) is 7.93. The summed E-state index contributed by atoms with van der Waals surface area (Å²) in [5.74, 6) is 0. The highest BCUT2D eigenvalue weighted by Crippen LogP contribution is 2.20. The Balaban J connectivity index is 3.36. The summed E-state index contributed by atoms with van der Waals surface area (Å²) in [6, 6.07) is 0. The predicted octanol–water partition coefficient (Wildman–Crippen LogP) is 1.71. The van der Waals surface area contributed by atoms with Gasteiger partial charge in [-0.25, -0.2) is 0 Å². The Morgan fingerprint density at radius 3 is 2.42 bits per heavy atom. The fourth-order valence-corrected chi connectivity index (χ4v) is 1.06. The third-order valence-corrected chi connectivity index (χ3v) is 1.85. The van der Waals surface area contributed by atoms with E-state index in [4.69, 9.17) is 5.73 Å². The summed E-state index contributed by atoms with van der Waals surface area (Å²) in [6.45, 7) is 9.47. The molecule has 0 spiro atoms. The lowest BCUT2D eigenvalue weighted by Crippen LogP contribution is -2.03. The number of hydrogen-bond acceptors (Lipinski definition) is 3. The molecule has 1 rings (SSSR count). The summed E-state index contributed by atoms with van der Waals surface area (Å²) in [4.78, 5) is 0. The van der Waals surface area contributed by atoms with Crippen molar-refractivity contribution < 1.29 is 0 Å². The SMILES string of the molecule is C=C(C)c1nnc(C)c(N)c1C. The molecule has 12 heavy (non-hydrogen) atoms. The smallest absolute Gasteiger partial charge is 0.0930 e. The van der Waals surface area contributed by atoms with Crippen molar-refractivity contribution in [2.75, 3.05) is 5.73 Å². The van der Waals surface area contributed by atoms with Gasteiger partial charge in [0.1, 0.15) is 0 Å². The quantitative estimate of drug-likeness (QED) is 0.685. The second-order valence-corrected chi connectivity index (χ2v) is 2.95. The normalized spacial score (nSPS) is 9.92. The standard InChI is InChI=1S/C9H13N3/c1-5(2)9-6(3)8(10)7(4)11-12-9/h1H2,2-4H3,(H2,10,12). The first-order chi connectivity index (χ1) is 5.54. The number of aromatic nitrogens is 2. The van der Waals surface area contributed by atoms with Gasteiger partial charge < -0.3 is 5.73 Å². The molecule has 64 valence electrons. The van der Waals surface area contributed by atoms with Crippen molar-refractivity contribution in [3.63, 3.8) is 0 Å². The first-order valence-electron chi connectivity index (χ1n) is 3.79. The van der Waals surface area contributed by atoms with Crippen LogP contribution in [0, 0.1) is 13.8 Å². The van der Waals surface area contributed by atoms with E-state index in [-0.39, 0.29) is 0 Å². The molecule has 0 unspecified atom stereocenters. The number of anilines is 1. The van der Waals surface area contributed by atoms with Crippen molar-refractivity contribution in [2.45, 2.75) is 20.8 Å². The van der Waals surface area contributed by atoms with Gasteiger partial charge in [-0.15, -0.1) is 0 Å². The van der Waals surface area contributed by atoms with E-state index in [2.05, 4.69) is 16.8 Å². The Bertz CT molecular complexity index is 329. The van der Waals surface area contributed by atoms with Gasteiger partial charge in [0, 0.05) is 5.56 Å². The summed E-state index contributed by atoms with van der Waals surface area (Å²) in [5.41, 5.74) is 9.93. The molecule has 0 amide bonds. The van der Waals surface area contributed by atoms with Gasteiger partial charge in [-0.05, 0) is 26.3 Å². The molecule has 1 aromatic heterocycles. The van der Waals surface area contributed by atoms with Crippen LogP contribution in [0.4, 0.5) is 5.69 Å². The molecule has 0 bridgehead atoms. The molecule has 3 heteroatoms. The Morgan fingerprint density at radius 2 is 1.92 bits per heavy atom. The molecule has 1 aromatic rings. The highest BCUT2D eigenvalue weighted by atomic mass is 15.1. The van der Waals surface area contributed by atoms with E-state index in [1.54, 1.807) is 0 Å². The average Bonchev–Trinajstić information content (AvgIpc) is 2.00. The molecule has 0 saturated heterocycles. The monoisotopic (exact) mass is 163 g/mol. The van der Waals surface area contributed by atoms with Crippen LogP contribution < -0.4 is 5.73 Å². The summed E-state index contributed by atoms with van der Waals surface area (Å²) >= 11 is 0. The molecule has 0 saturated carbocycles. The first kappa shape index (κ1) is 8.71. The van der Waals surface area contributed by atoms with E-state index in [0.717, 1.165) is 22.5 Å². The molecule has 0 fully saturated rings. The van der Waals surface area contributed by atoms with Gasteiger partial charge in [-0.3, -0.25) is 0 Å². The predicted molar refractivity (Wildman–Crippen MR) is 50.6 cm³/mol. The van der Waals surface area contributed by atoms with Crippen molar-refractivity contribution in [1.82, 2.24) is 10.2 Å². The molecular weight excluding hydrogens is 150 g/mol. The molecule has 3 nitrogen and oxygen atoms in total. The maximum absolute atomic E-state index is 5.78. The van der Waals surface area contributed by atoms with Gasteiger partial charge in [-0.2, -0.15) is 10.2 Å². The van der Waals surface area contributed by atoms with Crippen LogP contribution in [-0.4, -0.2) is 10.2 Å². The number of hydrogen-bond donors (Lipinski definition) is 1. The zero-order chi connectivity index (χ0) is 9.30. The van der Waals surface area contributed by atoms with Crippen molar-refractivity contribution in [3.05, 3.63) is 23.5 Å². The minimum atomic E-state index is 0.711. The van der Waals surface area contributed by atoms with Crippen molar-refractivity contribution in [3.8, 4) is 0 Å². The Hall–Kier alpha value is -1.38. The van der Waals surface area contributed by atoms with E-state index < -0.39 is 0 Å². The number of allylic oxidation sites excluding steroid dienone is 1. The zero-order valence-corrected chi connectivity index (χ0v) is 7.68. The lowest BCUT2D eigenvalue weighted by Gasteiger charge is -2.07. The maximum atomic E-state index is 5.78. The molecular formula is C9H13N3. The second kappa shape index (κ2) is 2.93. The Morgan fingerprint density at radius 1 is 1.33 bits per heavy atom. The highest BCUT2D eigenvalue weighted by Gasteiger charge is 2.06. The van der Waals surface area contributed by atoms with Gasteiger partial charge in [0.05, 0.1) is 17.1 Å². The lowest BCUT2D eigenvalue weighted by atomic mass is 10.1. The van der Waals surface area contributed by atoms with E-state index in [1.807, 2.05) is 20.8 Å².